The van der Waals surface area contributed by atoms with E-state index in [0.29, 0.717) is 24.0 Å². The van der Waals surface area contributed by atoms with Gasteiger partial charge < -0.3 is 4.90 Å². The highest BCUT2D eigenvalue weighted by atomic mass is 32.2. The van der Waals surface area contributed by atoms with Gasteiger partial charge in [-0.15, -0.1) is 0 Å². The molecule has 2 fully saturated rings. The highest BCUT2D eigenvalue weighted by molar-refractivity contribution is 7.99. The zero-order valence-electron chi connectivity index (χ0n) is 13.2. The minimum absolute atomic E-state index is 0.0691. The largest absolute Gasteiger partial charge is 0.322 e. The summed E-state index contributed by atoms with van der Waals surface area (Å²) in [5, 5.41) is 3.66. The Morgan fingerprint density at radius 1 is 1.35 bits per heavy atom. The second kappa shape index (κ2) is 7.69. The van der Waals surface area contributed by atoms with Gasteiger partial charge in [-0.05, 0) is 37.9 Å². The maximum absolute atomic E-state index is 12.7. The second-order valence-corrected chi connectivity index (χ2v) is 7.57. The van der Waals surface area contributed by atoms with E-state index < -0.39 is 0 Å². The Labute approximate surface area is 128 Å². The average Bonchev–Trinajstić information content (AvgIpc) is 3.05. The third-order valence-electron chi connectivity index (χ3n) is 4.69. The summed E-state index contributed by atoms with van der Waals surface area (Å²) in [6.07, 6.45) is 7.60. The monoisotopic (exact) mass is 298 g/mol. The van der Waals surface area contributed by atoms with E-state index in [2.05, 4.69) is 31.0 Å². The summed E-state index contributed by atoms with van der Waals surface area (Å²) in [5.41, 5.74) is 0. The van der Waals surface area contributed by atoms with Gasteiger partial charge in [0.15, 0.2) is 0 Å². The van der Waals surface area contributed by atoms with E-state index in [4.69, 9.17) is 0 Å². The summed E-state index contributed by atoms with van der Waals surface area (Å²) >= 11 is 1.94. The van der Waals surface area contributed by atoms with Gasteiger partial charge in [-0.25, -0.2) is 0 Å². The molecule has 116 valence electrons. The van der Waals surface area contributed by atoms with Crippen LogP contribution in [0.5, 0.6) is 0 Å². The van der Waals surface area contributed by atoms with Gasteiger partial charge in [0.25, 0.3) is 0 Å². The molecule has 3 unspecified atom stereocenters. The molecule has 4 heteroatoms. The van der Waals surface area contributed by atoms with Crippen LogP contribution < -0.4 is 5.32 Å². The van der Waals surface area contributed by atoms with Crippen molar-refractivity contribution in [2.75, 3.05) is 11.5 Å². The first-order valence-electron chi connectivity index (χ1n) is 8.35. The van der Waals surface area contributed by atoms with Crippen molar-refractivity contribution in [3.8, 4) is 0 Å². The second-order valence-electron chi connectivity index (χ2n) is 6.25. The van der Waals surface area contributed by atoms with Crippen LogP contribution in [0.3, 0.4) is 0 Å². The van der Waals surface area contributed by atoms with E-state index >= 15 is 0 Å². The van der Waals surface area contributed by atoms with E-state index in [1.807, 2.05) is 11.8 Å². The highest BCUT2D eigenvalue weighted by Crippen LogP contribution is 2.34. The summed E-state index contributed by atoms with van der Waals surface area (Å²) in [6, 6.07) is 0.423. The fraction of sp³-hybridized carbons (Fsp3) is 0.938. The van der Waals surface area contributed by atoms with Crippen LogP contribution in [0, 0.1) is 5.92 Å². The molecule has 0 radical (unpaired) electrons. The molecule has 0 aromatic heterocycles. The van der Waals surface area contributed by atoms with Gasteiger partial charge in [0, 0.05) is 11.8 Å². The lowest BCUT2D eigenvalue weighted by Gasteiger charge is -2.33. The molecule has 20 heavy (non-hydrogen) atoms. The molecule has 1 aliphatic carbocycles. The Balaban J connectivity index is 2.07. The van der Waals surface area contributed by atoms with Crippen LogP contribution in [0.1, 0.15) is 59.3 Å². The Bertz CT molecular complexity index is 318. The van der Waals surface area contributed by atoms with Crippen LogP contribution in [0.4, 0.5) is 0 Å². The first-order valence-corrected chi connectivity index (χ1v) is 9.50. The van der Waals surface area contributed by atoms with E-state index in [0.717, 1.165) is 24.3 Å². The first kappa shape index (κ1) is 16.2. The number of hydrogen-bond donors (Lipinski definition) is 1. The third kappa shape index (κ3) is 3.51. The van der Waals surface area contributed by atoms with Crippen molar-refractivity contribution in [2.24, 2.45) is 5.92 Å². The third-order valence-corrected chi connectivity index (χ3v) is 5.81. The molecule has 1 aliphatic heterocycles. The fourth-order valence-corrected chi connectivity index (χ4v) is 4.40. The first-order chi connectivity index (χ1) is 9.69. The molecule has 1 saturated heterocycles. The number of thioether (sulfide) groups is 1. The Morgan fingerprint density at radius 3 is 2.65 bits per heavy atom. The Hall–Kier alpha value is -0.220. The molecular formula is C16H30N2OS. The molecule has 2 aliphatic rings. The topological polar surface area (TPSA) is 32.3 Å². The summed E-state index contributed by atoms with van der Waals surface area (Å²) in [4.78, 5) is 14.9. The van der Waals surface area contributed by atoms with Crippen molar-refractivity contribution in [3.63, 3.8) is 0 Å². The summed E-state index contributed by atoms with van der Waals surface area (Å²) < 4.78 is 0. The standard InChI is InChI=1S/C16H30N2OS/c1-4-8-14-16(19)18(12(3)11-20-5-2)15(17-14)13-9-6-7-10-13/h12-15,17H,4-11H2,1-3H3. The van der Waals surface area contributed by atoms with E-state index in [1.54, 1.807) is 0 Å². The van der Waals surface area contributed by atoms with Gasteiger partial charge in [-0.2, -0.15) is 11.8 Å². The number of nitrogens with zero attached hydrogens (tertiary/aromatic N) is 1. The zero-order valence-corrected chi connectivity index (χ0v) is 14.0. The molecular weight excluding hydrogens is 268 g/mol. The van der Waals surface area contributed by atoms with Crippen molar-refractivity contribution in [3.05, 3.63) is 0 Å². The molecule has 1 saturated carbocycles. The zero-order chi connectivity index (χ0) is 14.5. The molecule has 0 aromatic carbocycles. The average molecular weight is 298 g/mol. The van der Waals surface area contributed by atoms with Crippen molar-refractivity contribution in [2.45, 2.75) is 77.5 Å². The van der Waals surface area contributed by atoms with Crippen molar-refractivity contribution < 1.29 is 4.79 Å². The van der Waals surface area contributed by atoms with Crippen LogP contribution in [0.15, 0.2) is 0 Å². The normalized spacial score (nSPS) is 29.4. The number of amides is 1. The van der Waals surface area contributed by atoms with Crippen molar-refractivity contribution in [1.82, 2.24) is 10.2 Å². The predicted octanol–water partition coefficient (Wildman–Crippen LogP) is 3.24. The van der Waals surface area contributed by atoms with Gasteiger partial charge in [-0.3, -0.25) is 10.1 Å². The van der Waals surface area contributed by atoms with Crippen LogP contribution in [-0.2, 0) is 4.79 Å². The summed E-state index contributed by atoms with van der Waals surface area (Å²) in [6.45, 7) is 6.58. The molecule has 0 spiro atoms. The Morgan fingerprint density at radius 2 is 2.05 bits per heavy atom. The number of carbonyl (C=O) groups is 1. The molecule has 2 rings (SSSR count). The fourth-order valence-electron chi connectivity index (χ4n) is 3.67. The van der Waals surface area contributed by atoms with Gasteiger partial charge in [0.2, 0.25) is 5.91 Å². The van der Waals surface area contributed by atoms with Gasteiger partial charge in [0.05, 0.1) is 12.2 Å². The quantitative estimate of drug-likeness (QED) is 0.783. The number of carbonyl (C=O) groups excluding carboxylic acids is 1. The molecule has 3 atom stereocenters. The van der Waals surface area contributed by atoms with Gasteiger partial charge in [0.1, 0.15) is 0 Å². The summed E-state index contributed by atoms with van der Waals surface area (Å²) in [7, 11) is 0. The summed E-state index contributed by atoms with van der Waals surface area (Å²) in [5.74, 6) is 3.22. The predicted molar refractivity (Wildman–Crippen MR) is 86.9 cm³/mol. The molecule has 1 heterocycles. The molecule has 1 amide bonds. The lowest BCUT2D eigenvalue weighted by atomic mass is 10.0. The van der Waals surface area contributed by atoms with Crippen LogP contribution in [-0.4, -0.2) is 40.6 Å². The van der Waals surface area contributed by atoms with E-state index in [9.17, 15) is 4.79 Å². The molecule has 1 N–H and O–H groups in total. The minimum atomic E-state index is 0.0691. The van der Waals surface area contributed by atoms with Crippen LogP contribution >= 0.6 is 11.8 Å². The smallest absolute Gasteiger partial charge is 0.241 e. The van der Waals surface area contributed by atoms with Gasteiger partial charge >= 0.3 is 0 Å². The van der Waals surface area contributed by atoms with E-state index in [-0.39, 0.29) is 6.04 Å². The van der Waals surface area contributed by atoms with E-state index in [1.165, 1.54) is 25.7 Å². The number of rotatable bonds is 7. The maximum Gasteiger partial charge on any atom is 0.241 e. The molecule has 3 nitrogen and oxygen atoms in total. The number of nitrogens with one attached hydrogen (secondary N) is 1. The molecule has 0 aromatic rings. The van der Waals surface area contributed by atoms with Crippen molar-refractivity contribution in [1.29, 1.82) is 0 Å². The SMILES string of the molecule is CCCC1NC(C2CCCC2)N(C(C)CSCC)C1=O. The van der Waals surface area contributed by atoms with Crippen LogP contribution in [0.2, 0.25) is 0 Å². The van der Waals surface area contributed by atoms with Crippen LogP contribution in [0.25, 0.3) is 0 Å². The lowest BCUT2D eigenvalue weighted by Crippen LogP contribution is -2.48. The van der Waals surface area contributed by atoms with Crippen molar-refractivity contribution >= 4 is 17.7 Å². The Kier molecular flexibility index (Phi) is 6.21. The lowest BCUT2D eigenvalue weighted by molar-refractivity contribution is -0.132. The maximum atomic E-state index is 12.7. The van der Waals surface area contributed by atoms with Gasteiger partial charge in [-0.1, -0.05) is 33.1 Å². The highest BCUT2D eigenvalue weighted by Gasteiger charge is 2.44. The number of hydrogen-bond acceptors (Lipinski definition) is 3. The minimum Gasteiger partial charge on any atom is -0.322 e. The molecule has 0 bridgehead atoms.